The van der Waals surface area contributed by atoms with Crippen molar-refractivity contribution in [3.63, 3.8) is 0 Å². The molecule has 32 heavy (non-hydrogen) atoms. The minimum Gasteiger partial charge on any atom is -0.352 e. The highest BCUT2D eigenvalue weighted by atomic mass is 16.2. The number of hydrogen-bond acceptors (Lipinski definition) is 7. The summed E-state index contributed by atoms with van der Waals surface area (Å²) in [4.78, 5) is 47.5. The molecule has 4 amide bonds. The Bertz CT molecular complexity index is 1090. The lowest BCUT2D eigenvalue weighted by Crippen LogP contribution is -2.53. The number of carbonyl (C=O) groups is 3. The Hall–Kier alpha value is -3.43. The molecule has 0 radical (unpaired) electrons. The summed E-state index contributed by atoms with van der Waals surface area (Å²) in [5.74, 6) is 0.528. The van der Waals surface area contributed by atoms with E-state index in [9.17, 15) is 14.4 Å². The number of imide groups is 1. The molecule has 1 aliphatic carbocycles. The summed E-state index contributed by atoms with van der Waals surface area (Å²) < 4.78 is 1.36. The molecule has 0 aromatic carbocycles. The minimum atomic E-state index is -0.730. The van der Waals surface area contributed by atoms with Gasteiger partial charge in [0.25, 0.3) is 11.7 Å². The predicted octanol–water partition coefficient (Wildman–Crippen LogP) is 0.653. The molecule has 3 aliphatic heterocycles. The van der Waals surface area contributed by atoms with Gasteiger partial charge in [0.2, 0.25) is 0 Å². The van der Waals surface area contributed by atoms with E-state index in [-0.39, 0.29) is 11.8 Å². The fourth-order valence-corrected chi connectivity index (χ4v) is 4.39. The van der Waals surface area contributed by atoms with E-state index in [1.807, 2.05) is 6.07 Å². The van der Waals surface area contributed by atoms with Crippen LogP contribution in [-0.4, -0.2) is 94.2 Å². The molecule has 5 rings (SSSR count). The predicted molar refractivity (Wildman–Crippen MR) is 117 cm³/mol. The molecule has 10 nitrogen and oxygen atoms in total. The molecule has 1 aromatic heterocycles. The molecule has 1 saturated heterocycles. The summed E-state index contributed by atoms with van der Waals surface area (Å²) >= 11 is 0. The maximum atomic E-state index is 13.3. The largest absolute Gasteiger partial charge is 0.445 e. The third-order valence-corrected chi connectivity index (χ3v) is 6.59. The van der Waals surface area contributed by atoms with Crippen LogP contribution in [0.5, 0.6) is 0 Å². The van der Waals surface area contributed by atoms with Crippen molar-refractivity contribution in [2.75, 3.05) is 45.2 Å². The second kappa shape index (κ2) is 7.61. The van der Waals surface area contributed by atoms with Gasteiger partial charge in [0.05, 0.1) is 25.4 Å². The van der Waals surface area contributed by atoms with Crippen LogP contribution in [-0.2, 0) is 9.59 Å². The number of aliphatic imine (C=N–C) groups is 1. The van der Waals surface area contributed by atoms with Gasteiger partial charge in [0.15, 0.2) is 11.7 Å². The van der Waals surface area contributed by atoms with Gasteiger partial charge in [-0.15, -0.1) is 10.1 Å². The zero-order chi connectivity index (χ0) is 22.6. The highest BCUT2D eigenvalue weighted by molar-refractivity contribution is 6.27. The van der Waals surface area contributed by atoms with E-state index in [0.29, 0.717) is 49.2 Å². The molecule has 0 spiro atoms. The number of anilines is 1. The van der Waals surface area contributed by atoms with Crippen molar-refractivity contribution in [3.8, 4) is 0 Å². The van der Waals surface area contributed by atoms with E-state index in [1.54, 1.807) is 24.9 Å². The highest BCUT2D eigenvalue weighted by Crippen LogP contribution is 2.38. The number of carbonyl (C=O) groups excluding carboxylic acids is 3. The van der Waals surface area contributed by atoms with Crippen LogP contribution in [0.2, 0.25) is 0 Å². The maximum Gasteiger partial charge on any atom is 0.445 e. The van der Waals surface area contributed by atoms with Crippen molar-refractivity contribution in [1.29, 1.82) is 0 Å². The third kappa shape index (κ3) is 3.39. The average molecular weight is 436 g/mol. The lowest BCUT2D eigenvalue weighted by atomic mass is 9.94. The lowest BCUT2D eigenvalue weighted by molar-refractivity contribution is -0.407. The Kier molecular flexibility index (Phi) is 4.87. The van der Waals surface area contributed by atoms with Crippen LogP contribution in [0.25, 0.3) is 0 Å². The van der Waals surface area contributed by atoms with Crippen molar-refractivity contribution in [2.45, 2.75) is 25.7 Å². The minimum absolute atomic E-state index is 0.143. The molecule has 1 saturated carbocycles. The van der Waals surface area contributed by atoms with Crippen molar-refractivity contribution < 1.29 is 19.0 Å². The van der Waals surface area contributed by atoms with E-state index in [4.69, 9.17) is 0 Å². The van der Waals surface area contributed by atoms with Gasteiger partial charge in [-0.3, -0.25) is 9.59 Å². The number of rotatable bonds is 3. The molecule has 4 aliphatic rings. The average Bonchev–Trinajstić information content (AvgIpc) is 3.66. The summed E-state index contributed by atoms with van der Waals surface area (Å²) in [5, 5.41) is 8.73. The maximum absolute atomic E-state index is 13.3. The second-order valence-corrected chi connectivity index (χ2v) is 8.72. The van der Waals surface area contributed by atoms with Gasteiger partial charge in [-0.05, 0) is 38.0 Å². The topological polar surface area (TPSA) is 102 Å². The Balaban J connectivity index is 1.29. The summed E-state index contributed by atoms with van der Waals surface area (Å²) in [7, 11) is 3.03. The van der Waals surface area contributed by atoms with Gasteiger partial charge in [-0.2, -0.15) is 14.6 Å². The number of aromatic nitrogens is 2. The third-order valence-electron chi connectivity index (χ3n) is 6.59. The van der Waals surface area contributed by atoms with Crippen LogP contribution in [0.1, 0.15) is 31.4 Å². The fourth-order valence-electron chi connectivity index (χ4n) is 4.39. The Morgan fingerprint density at radius 2 is 1.81 bits per heavy atom. The van der Waals surface area contributed by atoms with E-state index < -0.39 is 11.9 Å². The highest BCUT2D eigenvalue weighted by Gasteiger charge is 2.46. The van der Waals surface area contributed by atoms with Gasteiger partial charge < -0.3 is 9.80 Å². The van der Waals surface area contributed by atoms with Crippen LogP contribution in [0, 0.1) is 5.92 Å². The molecular formula is C22H26N7O3+. The number of fused-ring (bicyclic) bond motifs is 1. The smallest absolute Gasteiger partial charge is 0.352 e. The number of amidine groups is 1. The molecule has 1 aromatic rings. The molecular weight excluding hydrogens is 410 g/mol. The molecule has 166 valence electrons. The zero-order valence-corrected chi connectivity index (χ0v) is 18.5. The molecule has 2 fully saturated rings. The first-order valence-electron chi connectivity index (χ1n) is 10.9. The Morgan fingerprint density at radius 3 is 2.44 bits per heavy atom. The van der Waals surface area contributed by atoms with E-state index in [2.05, 4.69) is 26.2 Å². The van der Waals surface area contributed by atoms with Crippen LogP contribution >= 0.6 is 0 Å². The quantitative estimate of drug-likeness (QED) is 0.645. The summed E-state index contributed by atoms with van der Waals surface area (Å²) in [6.07, 6.45) is 4.04. The first-order valence-corrected chi connectivity index (χ1v) is 10.9. The zero-order valence-electron chi connectivity index (χ0n) is 18.5. The Labute approximate surface area is 185 Å². The number of nitrogens with zero attached hydrogens (tertiary/aromatic N) is 7. The molecule has 0 bridgehead atoms. The first-order chi connectivity index (χ1) is 15.3. The SMILES string of the molecule is CC1=NC2=[N+](C)C(=O)N(C)C(=O)C2C=C1C(=O)N1CCN(c2ccc(C3CC3)nn2)CC1. The number of urea groups is 1. The van der Waals surface area contributed by atoms with Crippen LogP contribution in [0.3, 0.4) is 0 Å². The summed E-state index contributed by atoms with van der Waals surface area (Å²) in [5.41, 5.74) is 2.00. The van der Waals surface area contributed by atoms with Gasteiger partial charge in [-0.1, -0.05) is 0 Å². The molecule has 10 heteroatoms. The Morgan fingerprint density at radius 1 is 1.09 bits per heavy atom. The number of piperazine rings is 1. The molecule has 1 atom stereocenters. The van der Waals surface area contributed by atoms with Gasteiger partial charge in [0.1, 0.15) is 5.71 Å². The number of hydrogen-bond donors (Lipinski definition) is 0. The van der Waals surface area contributed by atoms with E-state index in [1.165, 1.54) is 24.5 Å². The van der Waals surface area contributed by atoms with Crippen molar-refractivity contribution in [1.82, 2.24) is 20.0 Å². The number of amides is 4. The standard InChI is InChI=1S/C22H26N7O3/c1-13-15(12-16-19(23-13)26(2)22(32)27(3)20(16)30)21(31)29-10-8-28(9-11-29)18-7-6-17(24-25-18)14-4-5-14/h6-7,12,14,16H,4-5,8-11H2,1-3H3/q+1. The monoisotopic (exact) mass is 436 g/mol. The molecule has 4 heterocycles. The van der Waals surface area contributed by atoms with Crippen molar-refractivity contribution in [2.24, 2.45) is 10.9 Å². The van der Waals surface area contributed by atoms with Crippen LogP contribution in [0.4, 0.5) is 10.6 Å². The summed E-state index contributed by atoms with van der Waals surface area (Å²) in [6.45, 7) is 4.14. The lowest BCUT2D eigenvalue weighted by Gasteiger charge is -2.36. The van der Waals surface area contributed by atoms with Crippen LogP contribution in [0.15, 0.2) is 28.8 Å². The first kappa shape index (κ1) is 20.5. The molecule has 0 N–H and O–H groups in total. The second-order valence-electron chi connectivity index (χ2n) is 8.72. The van der Waals surface area contributed by atoms with Gasteiger partial charge >= 0.3 is 11.9 Å². The van der Waals surface area contributed by atoms with E-state index in [0.717, 1.165) is 16.4 Å². The van der Waals surface area contributed by atoms with Gasteiger partial charge in [-0.25, -0.2) is 4.79 Å². The van der Waals surface area contributed by atoms with Crippen LogP contribution < -0.4 is 4.90 Å². The van der Waals surface area contributed by atoms with Crippen molar-refractivity contribution >= 4 is 35.2 Å². The summed E-state index contributed by atoms with van der Waals surface area (Å²) in [6, 6.07) is 3.64. The number of dihydropyridines is 1. The molecule has 1 unspecified atom stereocenters. The fraction of sp³-hybridized carbons (Fsp3) is 0.500. The van der Waals surface area contributed by atoms with Gasteiger partial charge in [0, 0.05) is 32.1 Å². The van der Waals surface area contributed by atoms with Crippen molar-refractivity contribution in [3.05, 3.63) is 29.5 Å². The normalized spacial score (nSPS) is 23.8. The van der Waals surface area contributed by atoms with E-state index >= 15 is 0 Å².